The molecule has 1 unspecified atom stereocenters. The van der Waals surface area contributed by atoms with Gasteiger partial charge in [-0.15, -0.1) is 0 Å². The van der Waals surface area contributed by atoms with Crippen LogP contribution < -0.4 is 0 Å². The Balaban J connectivity index is 1.53. The van der Waals surface area contributed by atoms with E-state index in [0.717, 1.165) is 0 Å². The van der Waals surface area contributed by atoms with Crippen LogP contribution in [0.15, 0.2) is 35.1 Å². The second-order valence-electron chi connectivity index (χ2n) is 12.2. The summed E-state index contributed by atoms with van der Waals surface area (Å²) in [6.45, 7) is 5.08. The molecule has 5 atom stereocenters. The summed E-state index contributed by atoms with van der Waals surface area (Å²) in [6.07, 6.45) is -0.311. The monoisotopic (exact) mass is 585 g/mol. The van der Waals surface area contributed by atoms with Crippen LogP contribution in [0.3, 0.4) is 0 Å². The van der Waals surface area contributed by atoms with Gasteiger partial charge in [0.15, 0.2) is 17.2 Å². The van der Waals surface area contributed by atoms with Gasteiger partial charge in [-0.25, -0.2) is 0 Å². The highest BCUT2D eigenvalue weighted by Gasteiger charge is 2.66. The number of hydrogen-bond donors (Lipinski definition) is 6. The van der Waals surface area contributed by atoms with Crippen LogP contribution >= 0.6 is 0 Å². The average Bonchev–Trinajstić information content (AvgIpc) is 2.93. The Bertz CT molecular complexity index is 1380. The van der Waals surface area contributed by atoms with Crippen molar-refractivity contribution in [3.63, 3.8) is 0 Å². The van der Waals surface area contributed by atoms with Gasteiger partial charge in [0.2, 0.25) is 5.78 Å². The number of aliphatic hydroxyl groups excluding tert-OH is 3. The molecule has 3 aliphatic carbocycles. The summed E-state index contributed by atoms with van der Waals surface area (Å²) in [7, 11) is 3.14. The minimum Gasteiger partial charge on any atom is -0.508 e. The highest BCUT2D eigenvalue weighted by atomic mass is 16.3. The first kappa shape index (κ1) is 30.3. The van der Waals surface area contributed by atoms with Crippen LogP contribution in [0.1, 0.15) is 30.9 Å². The van der Waals surface area contributed by atoms with E-state index < -0.39 is 63.5 Å². The molecule has 0 radical (unpaired) electrons. The predicted octanol–water partition coefficient (Wildman–Crippen LogP) is -0.287. The van der Waals surface area contributed by atoms with Crippen LogP contribution in [-0.4, -0.2) is 134 Å². The molecule has 0 aromatic heterocycles. The molecule has 0 spiro atoms. The maximum Gasteiger partial charge on any atom is 0.202 e. The molecule has 1 aromatic rings. The number of nitrogens with zero attached hydrogens (tertiary/aromatic N) is 3. The lowest BCUT2D eigenvalue weighted by Gasteiger charge is -2.53. The Morgan fingerprint density at radius 3 is 2.24 bits per heavy atom. The van der Waals surface area contributed by atoms with Crippen molar-refractivity contribution in [2.45, 2.75) is 37.0 Å². The van der Waals surface area contributed by atoms with Crippen LogP contribution in [0.2, 0.25) is 0 Å². The number of benzene rings is 1. The van der Waals surface area contributed by atoms with E-state index in [1.54, 1.807) is 14.1 Å². The van der Waals surface area contributed by atoms with E-state index >= 15 is 0 Å². The van der Waals surface area contributed by atoms with Crippen molar-refractivity contribution in [3.8, 4) is 5.75 Å². The molecular formula is C30H39N3O9. The molecule has 1 saturated heterocycles. The SMILES string of the molecule is CN(C)C1C(=O)C(C(=O)CCN2CCN(CCO)CC2)=C(O)[C@@]2(O)C(=O)C3=C(O)c4c(O)cccc4[C@@](C)(O)[C@H]3C[C@@H]12. The van der Waals surface area contributed by atoms with E-state index in [4.69, 9.17) is 5.11 Å². The number of phenolic OH excluding ortho intramolecular Hbond substituents is 1. The fourth-order valence-electron chi connectivity index (χ4n) is 7.30. The lowest BCUT2D eigenvalue weighted by molar-refractivity contribution is -0.159. The van der Waals surface area contributed by atoms with E-state index in [2.05, 4.69) is 4.90 Å². The summed E-state index contributed by atoms with van der Waals surface area (Å²) < 4.78 is 0. The molecule has 0 bridgehead atoms. The number of carbonyl (C=O) groups is 3. The third-order valence-corrected chi connectivity index (χ3v) is 9.59. The Labute approximate surface area is 243 Å². The number of aromatic hydroxyl groups is 1. The number of piperazine rings is 1. The second-order valence-corrected chi connectivity index (χ2v) is 12.2. The topological polar surface area (TPSA) is 182 Å². The molecule has 1 saturated carbocycles. The zero-order chi connectivity index (χ0) is 30.7. The molecule has 4 aliphatic rings. The number of Topliss-reactive ketones (excluding diaryl/α,β-unsaturated/α-hetero) is 3. The van der Waals surface area contributed by atoms with Crippen LogP contribution in [0.5, 0.6) is 5.75 Å². The quantitative estimate of drug-likeness (QED) is 0.231. The summed E-state index contributed by atoms with van der Waals surface area (Å²) in [4.78, 5) is 47.1. The van der Waals surface area contributed by atoms with Crippen molar-refractivity contribution in [2.24, 2.45) is 11.8 Å². The molecule has 2 fully saturated rings. The number of likely N-dealkylation sites (N-methyl/N-ethyl adjacent to an activating group) is 1. The maximum atomic E-state index is 14.2. The van der Waals surface area contributed by atoms with Crippen LogP contribution in [0.25, 0.3) is 5.76 Å². The average molecular weight is 586 g/mol. The number of phenols is 1. The Morgan fingerprint density at radius 1 is 1.02 bits per heavy atom. The van der Waals surface area contributed by atoms with Crippen molar-refractivity contribution in [1.29, 1.82) is 0 Å². The first-order chi connectivity index (χ1) is 19.8. The summed E-state index contributed by atoms with van der Waals surface area (Å²) in [5.74, 6) is -6.92. The number of carbonyl (C=O) groups excluding carboxylic acids is 3. The van der Waals surface area contributed by atoms with E-state index in [-0.39, 0.29) is 41.9 Å². The molecular weight excluding hydrogens is 546 g/mol. The highest BCUT2D eigenvalue weighted by molar-refractivity contribution is 6.25. The standard InChI is InChI=1S/C30H39N3O9/c1-29(41)16-5-4-6-19(35)21(16)25(37)22-17(29)15-18-24(31(2)3)26(38)23(28(40)30(18,42)27(22)39)20(36)7-8-32-9-11-33(12-10-32)13-14-34/h4-6,17-18,24,34-35,37,40-42H,7-15H2,1-3H3/t17-,18-,24?,29+,30-/m0/s1. The molecule has 42 heavy (non-hydrogen) atoms. The van der Waals surface area contributed by atoms with Gasteiger partial charge in [-0.1, -0.05) is 12.1 Å². The largest absolute Gasteiger partial charge is 0.508 e. The third kappa shape index (κ3) is 4.48. The van der Waals surface area contributed by atoms with Gasteiger partial charge in [-0.3, -0.25) is 24.2 Å². The number of aliphatic hydroxyl groups is 5. The van der Waals surface area contributed by atoms with Gasteiger partial charge in [0, 0.05) is 63.1 Å². The van der Waals surface area contributed by atoms with E-state index in [9.17, 15) is 39.9 Å². The van der Waals surface area contributed by atoms with Crippen LogP contribution in [-0.2, 0) is 20.0 Å². The van der Waals surface area contributed by atoms with Crippen molar-refractivity contribution >= 4 is 23.1 Å². The van der Waals surface area contributed by atoms with Crippen molar-refractivity contribution < 1.29 is 45.0 Å². The molecule has 1 aliphatic heterocycles. The number of β-amino-alcohol motifs (C(OH)–C–C–N with tert-alkyl or cyclic N) is 1. The molecule has 5 rings (SSSR count). The molecule has 12 nitrogen and oxygen atoms in total. The summed E-state index contributed by atoms with van der Waals surface area (Å²) in [5.41, 5.74) is -5.48. The maximum absolute atomic E-state index is 14.2. The van der Waals surface area contributed by atoms with Gasteiger partial charge in [0.05, 0.1) is 23.8 Å². The fraction of sp³-hybridized carbons (Fsp3) is 0.567. The minimum absolute atomic E-state index is 0.0599. The molecule has 12 heteroatoms. The van der Waals surface area contributed by atoms with Gasteiger partial charge in [-0.05, 0) is 39.1 Å². The van der Waals surface area contributed by atoms with Crippen molar-refractivity contribution in [1.82, 2.24) is 14.7 Å². The predicted molar refractivity (Wildman–Crippen MR) is 151 cm³/mol. The van der Waals surface area contributed by atoms with Gasteiger partial charge in [0.1, 0.15) is 22.8 Å². The van der Waals surface area contributed by atoms with Crippen LogP contribution in [0, 0.1) is 11.8 Å². The smallest absolute Gasteiger partial charge is 0.202 e. The first-order valence-electron chi connectivity index (χ1n) is 14.2. The second kappa shape index (κ2) is 10.9. The number of ketones is 3. The number of hydrogen-bond acceptors (Lipinski definition) is 12. The van der Waals surface area contributed by atoms with Gasteiger partial charge < -0.3 is 35.5 Å². The summed E-state index contributed by atoms with van der Waals surface area (Å²) in [6, 6.07) is 3.12. The molecule has 1 heterocycles. The molecule has 0 amide bonds. The van der Waals surface area contributed by atoms with Gasteiger partial charge in [-0.2, -0.15) is 0 Å². The van der Waals surface area contributed by atoms with Crippen LogP contribution in [0.4, 0.5) is 0 Å². The Morgan fingerprint density at radius 2 is 1.64 bits per heavy atom. The summed E-state index contributed by atoms with van der Waals surface area (Å²) >= 11 is 0. The summed E-state index contributed by atoms with van der Waals surface area (Å²) in [5, 5.41) is 66.0. The number of fused-ring (bicyclic) bond motifs is 3. The Hall–Kier alpha value is -3.13. The lowest BCUT2D eigenvalue weighted by atomic mass is 9.54. The zero-order valence-electron chi connectivity index (χ0n) is 24.1. The third-order valence-electron chi connectivity index (χ3n) is 9.59. The highest BCUT2D eigenvalue weighted by Crippen LogP contribution is 2.57. The Kier molecular flexibility index (Phi) is 7.84. The normalized spacial score (nSPS) is 32.2. The van der Waals surface area contributed by atoms with Crippen molar-refractivity contribution in [2.75, 3.05) is 60.0 Å². The lowest BCUT2D eigenvalue weighted by Crippen LogP contribution is -2.66. The minimum atomic E-state index is -2.72. The molecule has 6 N–H and O–H groups in total. The zero-order valence-corrected chi connectivity index (χ0v) is 24.1. The van der Waals surface area contributed by atoms with E-state index in [1.165, 1.54) is 30.0 Å². The van der Waals surface area contributed by atoms with E-state index in [1.807, 2.05) is 4.90 Å². The van der Waals surface area contributed by atoms with Gasteiger partial charge in [0.25, 0.3) is 0 Å². The van der Waals surface area contributed by atoms with Gasteiger partial charge >= 0.3 is 0 Å². The first-order valence-corrected chi connectivity index (χ1v) is 14.2. The number of rotatable bonds is 7. The fourth-order valence-corrected chi connectivity index (χ4v) is 7.30. The molecule has 228 valence electrons. The van der Waals surface area contributed by atoms with Crippen molar-refractivity contribution in [3.05, 3.63) is 46.2 Å². The molecule has 1 aromatic carbocycles. The van der Waals surface area contributed by atoms with E-state index in [0.29, 0.717) is 39.3 Å².